The van der Waals surface area contributed by atoms with E-state index >= 15 is 0 Å². The molecule has 130 valence electrons. The highest BCUT2D eigenvalue weighted by Gasteiger charge is 2.13. The monoisotopic (exact) mass is 383 g/mol. The molecule has 3 aromatic heterocycles. The number of aromatic amines is 1. The Balaban J connectivity index is 1.44. The lowest BCUT2D eigenvalue weighted by Crippen LogP contribution is -2.15. The first-order chi connectivity index (χ1) is 12.7. The first kappa shape index (κ1) is 16.6. The van der Waals surface area contributed by atoms with Gasteiger partial charge in [-0.3, -0.25) is 9.59 Å². The van der Waals surface area contributed by atoms with E-state index in [0.717, 1.165) is 10.6 Å². The van der Waals surface area contributed by atoms with Gasteiger partial charge in [0, 0.05) is 21.7 Å². The van der Waals surface area contributed by atoms with Crippen LogP contribution in [0, 0.1) is 0 Å². The Morgan fingerprint density at radius 1 is 1.15 bits per heavy atom. The third kappa shape index (κ3) is 3.42. The molecule has 0 amide bonds. The minimum Gasteiger partial charge on any atom is -0.459 e. The molecule has 0 fully saturated rings. The van der Waals surface area contributed by atoms with Gasteiger partial charge in [0.25, 0.3) is 5.56 Å². The third-order valence-electron chi connectivity index (χ3n) is 3.79. The van der Waals surface area contributed by atoms with E-state index in [1.165, 1.54) is 11.3 Å². The number of carbonyl (C=O) groups excluding carboxylic acids is 1. The Bertz CT molecular complexity index is 1120. The Morgan fingerprint density at radius 2 is 2.00 bits per heavy atom. The van der Waals surface area contributed by atoms with Crippen molar-refractivity contribution in [1.29, 1.82) is 0 Å². The molecular weight excluding hydrogens is 370 g/mol. The van der Waals surface area contributed by atoms with Gasteiger partial charge in [0.2, 0.25) is 0 Å². The maximum absolute atomic E-state index is 12.2. The molecule has 1 aromatic carbocycles. The predicted octanol–water partition coefficient (Wildman–Crippen LogP) is 3.39. The number of nitrogens with zero attached hydrogens (tertiary/aromatic N) is 2. The van der Waals surface area contributed by atoms with Crippen molar-refractivity contribution in [3.63, 3.8) is 0 Å². The molecule has 0 bridgehead atoms. The van der Waals surface area contributed by atoms with Gasteiger partial charge in [-0.15, -0.1) is 11.3 Å². The summed E-state index contributed by atoms with van der Waals surface area (Å²) < 4.78 is 5.32. The van der Waals surface area contributed by atoms with Gasteiger partial charge < -0.3 is 4.74 Å². The molecule has 0 aliphatic heterocycles. The zero-order valence-corrected chi connectivity index (χ0v) is 15.1. The number of esters is 1. The number of nitrogens with one attached hydrogen (secondary N) is 1. The van der Waals surface area contributed by atoms with Crippen LogP contribution >= 0.6 is 22.7 Å². The first-order valence-corrected chi connectivity index (χ1v) is 9.62. The summed E-state index contributed by atoms with van der Waals surface area (Å²) in [5.74, 6) is -0.417. The summed E-state index contributed by atoms with van der Waals surface area (Å²) >= 11 is 3.13. The molecule has 0 atom stereocenters. The molecule has 3 heterocycles. The minimum absolute atomic E-state index is 0.0151. The molecule has 1 N–H and O–H groups in total. The highest BCUT2D eigenvalue weighted by Crippen LogP contribution is 2.26. The second-order valence-corrected chi connectivity index (χ2v) is 7.18. The van der Waals surface area contributed by atoms with E-state index in [1.807, 2.05) is 22.2 Å². The molecule has 0 radical (unpaired) electrons. The van der Waals surface area contributed by atoms with Crippen molar-refractivity contribution < 1.29 is 9.53 Å². The van der Waals surface area contributed by atoms with E-state index in [-0.39, 0.29) is 18.6 Å². The molecule has 0 aliphatic carbocycles. The third-order valence-corrected chi connectivity index (χ3v) is 5.41. The molecule has 0 spiro atoms. The van der Waals surface area contributed by atoms with Crippen molar-refractivity contribution in [2.45, 2.75) is 13.0 Å². The maximum Gasteiger partial charge on any atom is 0.312 e. The average molecular weight is 383 g/mol. The molecule has 8 heteroatoms. The second-order valence-electron chi connectivity index (χ2n) is 5.54. The van der Waals surface area contributed by atoms with Crippen LogP contribution in [0.4, 0.5) is 0 Å². The van der Waals surface area contributed by atoms with Crippen molar-refractivity contribution in [2.24, 2.45) is 0 Å². The van der Waals surface area contributed by atoms with Crippen molar-refractivity contribution in [1.82, 2.24) is 15.2 Å². The molecule has 0 saturated carbocycles. The zero-order valence-electron chi connectivity index (χ0n) is 13.5. The van der Waals surface area contributed by atoms with Gasteiger partial charge in [-0.25, -0.2) is 10.1 Å². The van der Waals surface area contributed by atoms with Gasteiger partial charge in [-0.2, -0.15) is 16.4 Å². The number of thiazole rings is 1. The van der Waals surface area contributed by atoms with Crippen molar-refractivity contribution in [3.05, 3.63) is 68.2 Å². The number of carbonyl (C=O) groups is 1. The van der Waals surface area contributed by atoms with E-state index in [0.29, 0.717) is 22.2 Å². The molecule has 4 rings (SSSR count). The van der Waals surface area contributed by atoms with Gasteiger partial charge in [0.15, 0.2) is 0 Å². The molecule has 4 aromatic rings. The van der Waals surface area contributed by atoms with Crippen molar-refractivity contribution in [2.75, 3.05) is 0 Å². The van der Waals surface area contributed by atoms with Crippen LogP contribution in [0.1, 0.15) is 11.4 Å². The molecule has 0 saturated heterocycles. The van der Waals surface area contributed by atoms with Crippen LogP contribution in [0.3, 0.4) is 0 Å². The summed E-state index contributed by atoms with van der Waals surface area (Å²) in [5.41, 5.74) is 1.99. The van der Waals surface area contributed by atoms with E-state index < -0.39 is 5.97 Å². The number of rotatable bonds is 5. The largest absolute Gasteiger partial charge is 0.459 e. The van der Waals surface area contributed by atoms with Crippen LogP contribution in [-0.4, -0.2) is 21.2 Å². The number of aromatic nitrogens is 3. The maximum atomic E-state index is 12.2. The molecule has 0 aliphatic rings. The molecule has 0 unspecified atom stereocenters. The summed E-state index contributed by atoms with van der Waals surface area (Å²) in [4.78, 5) is 28.4. The average Bonchev–Trinajstić information content (AvgIpc) is 3.34. The quantitative estimate of drug-likeness (QED) is 0.534. The second kappa shape index (κ2) is 7.19. The van der Waals surface area contributed by atoms with Gasteiger partial charge >= 0.3 is 5.97 Å². The number of fused-ring (bicyclic) bond motifs is 1. The Morgan fingerprint density at radius 3 is 2.81 bits per heavy atom. The highest BCUT2D eigenvalue weighted by atomic mass is 32.1. The number of benzene rings is 1. The van der Waals surface area contributed by atoms with Gasteiger partial charge in [0.1, 0.15) is 11.6 Å². The lowest BCUT2D eigenvalue weighted by molar-refractivity contribution is -0.144. The SMILES string of the molecule is O=C(Cc1n[nH]c(=O)c2ccccc12)OCc1csc(-c2ccsc2)n1. The van der Waals surface area contributed by atoms with Gasteiger partial charge in [0.05, 0.1) is 23.2 Å². The summed E-state index contributed by atoms with van der Waals surface area (Å²) in [6.07, 6.45) is -0.0151. The fourth-order valence-corrected chi connectivity index (χ4v) is 4.06. The fraction of sp³-hybridized carbons (Fsp3) is 0.111. The lowest BCUT2D eigenvalue weighted by Gasteiger charge is -2.05. The number of thiophene rings is 1. The fourth-order valence-electron chi connectivity index (χ4n) is 2.54. The van der Waals surface area contributed by atoms with Crippen LogP contribution in [-0.2, 0) is 22.6 Å². The van der Waals surface area contributed by atoms with E-state index in [1.54, 1.807) is 35.6 Å². The summed E-state index contributed by atoms with van der Waals surface area (Å²) in [5, 5.41) is 14.4. The lowest BCUT2D eigenvalue weighted by atomic mass is 10.1. The van der Waals surface area contributed by atoms with Gasteiger partial charge in [-0.1, -0.05) is 18.2 Å². The zero-order chi connectivity index (χ0) is 17.9. The van der Waals surface area contributed by atoms with Crippen molar-refractivity contribution in [3.8, 4) is 10.6 Å². The van der Waals surface area contributed by atoms with Crippen LogP contribution in [0.2, 0.25) is 0 Å². The van der Waals surface area contributed by atoms with Crippen LogP contribution < -0.4 is 5.56 Å². The Hall–Kier alpha value is -2.84. The highest BCUT2D eigenvalue weighted by molar-refractivity contribution is 7.14. The summed E-state index contributed by atoms with van der Waals surface area (Å²) in [6, 6.07) is 9.05. The minimum atomic E-state index is -0.417. The van der Waals surface area contributed by atoms with Gasteiger partial charge in [-0.05, 0) is 17.5 Å². The first-order valence-electron chi connectivity index (χ1n) is 7.79. The van der Waals surface area contributed by atoms with Crippen LogP contribution in [0.5, 0.6) is 0 Å². The molecule has 6 nitrogen and oxygen atoms in total. The normalized spacial score (nSPS) is 10.9. The summed E-state index contributed by atoms with van der Waals surface area (Å²) in [6.45, 7) is 0.112. The number of ether oxygens (including phenoxy) is 1. The molecular formula is C18H13N3O3S2. The van der Waals surface area contributed by atoms with Crippen molar-refractivity contribution >= 4 is 39.4 Å². The molecule has 26 heavy (non-hydrogen) atoms. The standard InChI is InChI=1S/C18H13N3O3S2/c22-16(7-15-13-3-1-2-4-14(13)17(23)21-20-15)24-8-12-10-26-18(19-12)11-5-6-25-9-11/h1-6,9-10H,7-8H2,(H,21,23). The summed E-state index contributed by atoms with van der Waals surface area (Å²) in [7, 11) is 0. The number of hydrogen-bond acceptors (Lipinski definition) is 7. The van der Waals surface area contributed by atoms with E-state index in [2.05, 4.69) is 15.2 Å². The number of hydrogen-bond donors (Lipinski definition) is 1. The van der Waals surface area contributed by atoms with E-state index in [4.69, 9.17) is 4.74 Å². The smallest absolute Gasteiger partial charge is 0.312 e. The number of H-pyrrole nitrogens is 1. The Labute approximate surface area is 156 Å². The predicted molar refractivity (Wildman–Crippen MR) is 101 cm³/mol. The Kier molecular flexibility index (Phi) is 4.59. The van der Waals surface area contributed by atoms with E-state index in [9.17, 15) is 9.59 Å². The topological polar surface area (TPSA) is 84.9 Å². The van der Waals surface area contributed by atoms with Crippen LogP contribution in [0.15, 0.2) is 51.3 Å². The van der Waals surface area contributed by atoms with Crippen LogP contribution in [0.25, 0.3) is 21.3 Å².